The van der Waals surface area contributed by atoms with Crippen LogP contribution in [0.3, 0.4) is 0 Å². The van der Waals surface area contributed by atoms with Crippen LogP contribution in [0.4, 0.5) is 0 Å². The molecule has 2 aromatic carbocycles. The zero-order valence-corrected chi connectivity index (χ0v) is 16.8. The molecule has 0 radical (unpaired) electrons. The van der Waals surface area contributed by atoms with Crippen molar-refractivity contribution in [1.29, 1.82) is 0 Å². The number of rotatable bonds is 6. The lowest BCUT2D eigenvalue weighted by molar-refractivity contribution is 0.388. The smallest absolute Gasteiger partial charge is 0.333 e. The number of H-pyrrole nitrogens is 2. The van der Waals surface area contributed by atoms with Crippen LogP contribution in [0.2, 0.25) is 0 Å². The van der Waals surface area contributed by atoms with Gasteiger partial charge >= 0.3 is 5.69 Å². The topological polar surface area (TPSA) is 95.8 Å². The number of nitrogens with one attached hydrogen (secondary N) is 2. The lowest BCUT2D eigenvalue weighted by atomic mass is 10.1. The van der Waals surface area contributed by atoms with Crippen molar-refractivity contribution in [3.8, 4) is 5.88 Å². The minimum Gasteiger partial charge on any atom is -0.494 e. The lowest BCUT2D eigenvalue weighted by Crippen LogP contribution is -2.40. The molecule has 3 aromatic heterocycles. The summed E-state index contributed by atoms with van der Waals surface area (Å²) in [6.45, 7) is 0.521. The predicted octanol–water partition coefficient (Wildman–Crippen LogP) is 3.16. The third-order valence-corrected chi connectivity index (χ3v) is 5.82. The second-order valence-corrected chi connectivity index (χ2v) is 7.65. The number of benzene rings is 2. The predicted molar refractivity (Wildman–Crippen MR) is 121 cm³/mol. The number of para-hydroxylation sites is 2. The normalized spacial score (nSPS) is 11.5. The Bertz CT molecular complexity index is 1500. The monoisotopic (exact) mass is 414 g/mol. The summed E-state index contributed by atoms with van der Waals surface area (Å²) in [4.78, 5) is 31.9. The quantitative estimate of drug-likeness (QED) is 0.398. The SMILES string of the molecule is O=c1cc(O)n(CCc2c[nH]c3ccccc23)c(=O)n1CCc1c[nH]c2ccccc12. The lowest BCUT2D eigenvalue weighted by Gasteiger charge is -2.12. The van der Waals surface area contributed by atoms with Gasteiger partial charge < -0.3 is 15.1 Å². The molecule has 0 saturated carbocycles. The second-order valence-electron chi connectivity index (χ2n) is 7.65. The zero-order chi connectivity index (χ0) is 21.4. The number of hydrogen-bond acceptors (Lipinski definition) is 3. The summed E-state index contributed by atoms with van der Waals surface area (Å²) in [6, 6.07) is 17.0. The molecule has 0 unspecified atom stereocenters. The first-order valence-electron chi connectivity index (χ1n) is 10.3. The number of aromatic nitrogens is 4. The summed E-state index contributed by atoms with van der Waals surface area (Å²) in [7, 11) is 0. The number of nitrogens with zero attached hydrogens (tertiary/aromatic N) is 2. The van der Waals surface area contributed by atoms with Gasteiger partial charge in [0.05, 0.1) is 6.07 Å². The van der Waals surface area contributed by atoms with E-state index in [1.165, 1.54) is 9.13 Å². The van der Waals surface area contributed by atoms with Gasteiger partial charge in [-0.15, -0.1) is 0 Å². The molecule has 0 amide bonds. The van der Waals surface area contributed by atoms with Crippen LogP contribution in [0.15, 0.2) is 76.6 Å². The maximum atomic E-state index is 13.0. The van der Waals surface area contributed by atoms with Crippen LogP contribution in [0.5, 0.6) is 5.88 Å². The molecule has 0 aliphatic carbocycles. The third kappa shape index (κ3) is 3.44. The number of aromatic hydroxyl groups is 1. The van der Waals surface area contributed by atoms with Crippen molar-refractivity contribution >= 4 is 21.8 Å². The molecule has 0 bridgehead atoms. The molecule has 5 rings (SSSR count). The fraction of sp³-hybridized carbons (Fsp3) is 0.167. The molecule has 5 aromatic rings. The number of aromatic amines is 2. The molecule has 3 N–H and O–H groups in total. The highest BCUT2D eigenvalue weighted by Gasteiger charge is 2.13. The van der Waals surface area contributed by atoms with Gasteiger partial charge in [0.2, 0.25) is 5.88 Å². The maximum Gasteiger partial charge on any atom is 0.333 e. The van der Waals surface area contributed by atoms with Crippen molar-refractivity contribution in [3.05, 3.63) is 99.0 Å². The van der Waals surface area contributed by atoms with Crippen molar-refractivity contribution in [2.75, 3.05) is 0 Å². The van der Waals surface area contributed by atoms with Gasteiger partial charge in [-0.3, -0.25) is 13.9 Å². The van der Waals surface area contributed by atoms with Crippen molar-refractivity contribution in [2.24, 2.45) is 0 Å². The number of aryl methyl sites for hydroxylation is 2. The molecule has 3 heterocycles. The molecular weight excluding hydrogens is 392 g/mol. The van der Waals surface area contributed by atoms with E-state index in [1.54, 1.807) is 0 Å². The van der Waals surface area contributed by atoms with Gasteiger partial charge in [0.1, 0.15) is 0 Å². The van der Waals surface area contributed by atoms with Crippen LogP contribution >= 0.6 is 0 Å². The van der Waals surface area contributed by atoms with E-state index in [-0.39, 0.29) is 19.0 Å². The highest BCUT2D eigenvalue weighted by molar-refractivity contribution is 5.83. The van der Waals surface area contributed by atoms with E-state index in [2.05, 4.69) is 9.97 Å². The molecule has 31 heavy (non-hydrogen) atoms. The average molecular weight is 414 g/mol. The Morgan fingerprint density at radius 2 is 1.26 bits per heavy atom. The van der Waals surface area contributed by atoms with Crippen molar-refractivity contribution < 1.29 is 5.11 Å². The first kappa shape index (κ1) is 19.0. The highest BCUT2D eigenvalue weighted by Crippen LogP contribution is 2.20. The van der Waals surface area contributed by atoms with Crippen LogP contribution in [-0.2, 0) is 25.9 Å². The first-order valence-corrected chi connectivity index (χ1v) is 10.3. The fourth-order valence-corrected chi connectivity index (χ4v) is 4.16. The Morgan fingerprint density at radius 1 is 0.742 bits per heavy atom. The first-order chi connectivity index (χ1) is 15.1. The Balaban J connectivity index is 1.41. The summed E-state index contributed by atoms with van der Waals surface area (Å²) in [5, 5.41) is 12.4. The Labute approximate surface area is 177 Å². The summed E-state index contributed by atoms with van der Waals surface area (Å²) in [6.07, 6.45) is 4.91. The van der Waals surface area contributed by atoms with Gasteiger partial charge in [0.15, 0.2) is 0 Å². The summed E-state index contributed by atoms with van der Waals surface area (Å²) in [5.41, 5.74) is 3.15. The van der Waals surface area contributed by atoms with Gasteiger partial charge in [0.25, 0.3) is 5.56 Å². The molecular formula is C24H22N4O3. The van der Waals surface area contributed by atoms with E-state index < -0.39 is 11.2 Å². The van der Waals surface area contributed by atoms with Crippen molar-refractivity contribution in [3.63, 3.8) is 0 Å². The van der Waals surface area contributed by atoms with Gasteiger partial charge in [-0.05, 0) is 36.1 Å². The molecule has 0 spiro atoms. The van der Waals surface area contributed by atoms with E-state index >= 15 is 0 Å². The van der Waals surface area contributed by atoms with E-state index in [0.29, 0.717) is 12.8 Å². The Hall–Kier alpha value is -4.00. The number of hydrogen-bond donors (Lipinski definition) is 3. The molecule has 0 fully saturated rings. The van der Waals surface area contributed by atoms with Gasteiger partial charge in [0, 0.05) is 47.3 Å². The molecule has 0 saturated heterocycles. The van der Waals surface area contributed by atoms with E-state index in [9.17, 15) is 14.7 Å². The Morgan fingerprint density at radius 3 is 1.84 bits per heavy atom. The van der Waals surface area contributed by atoms with Crippen LogP contribution in [-0.4, -0.2) is 24.2 Å². The van der Waals surface area contributed by atoms with E-state index in [1.807, 2.05) is 60.9 Å². The summed E-state index contributed by atoms with van der Waals surface area (Å²) in [5.74, 6) is -0.307. The van der Waals surface area contributed by atoms with E-state index in [4.69, 9.17) is 0 Å². The maximum absolute atomic E-state index is 13.0. The van der Waals surface area contributed by atoms with Crippen molar-refractivity contribution in [2.45, 2.75) is 25.9 Å². The molecule has 0 aliphatic heterocycles. The minimum atomic E-state index is -0.496. The summed E-state index contributed by atoms with van der Waals surface area (Å²) >= 11 is 0. The fourth-order valence-electron chi connectivity index (χ4n) is 4.16. The third-order valence-electron chi connectivity index (χ3n) is 5.82. The van der Waals surface area contributed by atoms with Gasteiger partial charge in [-0.1, -0.05) is 36.4 Å². The minimum absolute atomic E-state index is 0.243. The summed E-state index contributed by atoms with van der Waals surface area (Å²) < 4.78 is 2.45. The second kappa shape index (κ2) is 7.68. The molecule has 156 valence electrons. The standard InChI is InChI=1S/C24H22N4O3/c29-22-13-23(30)28(12-10-17-15-26-21-8-4-2-6-19(17)21)24(31)27(22)11-9-16-14-25-20-7-3-1-5-18(16)20/h1-8,13-15,25-26,29H,9-12H2. The molecule has 7 nitrogen and oxygen atoms in total. The Kier molecular flexibility index (Phi) is 4.71. The van der Waals surface area contributed by atoms with Crippen LogP contribution in [0.1, 0.15) is 11.1 Å². The molecule has 0 aliphatic rings. The highest BCUT2D eigenvalue weighted by atomic mass is 16.3. The molecule has 7 heteroatoms. The van der Waals surface area contributed by atoms with Crippen LogP contribution < -0.4 is 11.2 Å². The van der Waals surface area contributed by atoms with Crippen molar-refractivity contribution in [1.82, 2.24) is 19.1 Å². The van der Waals surface area contributed by atoms with E-state index in [0.717, 1.165) is 39.0 Å². The zero-order valence-electron chi connectivity index (χ0n) is 16.8. The average Bonchev–Trinajstić information content (AvgIpc) is 3.38. The number of fused-ring (bicyclic) bond motifs is 2. The molecule has 0 atom stereocenters. The van der Waals surface area contributed by atoms with Crippen LogP contribution in [0, 0.1) is 0 Å². The largest absolute Gasteiger partial charge is 0.494 e. The van der Waals surface area contributed by atoms with Gasteiger partial charge in [-0.2, -0.15) is 0 Å². The van der Waals surface area contributed by atoms with Gasteiger partial charge in [-0.25, -0.2) is 4.79 Å². The van der Waals surface area contributed by atoms with Crippen LogP contribution in [0.25, 0.3) is 21.8 Å².